The maximum absolute atomic E-state index is 14.7. The highest BCUT2D eigenvalue weighted by atomic mass is 79.9. The van der Waals surface area contributed by atoms with Gasteiger partial charge in [0.05, 0.1) is 27.8 Å². The standard InChI is InChI=1S/C20H17BrF4N2O4S/c1-20(2,3)31-14(28)10-32(29,30)27(21)19-13(15(22)16(23)17(24)18(19)25)8-11-6-4-5-7-12(11)9-26/h4-7H,8,10H2,1-3H3. The maximum Gasteiger partial charge on any atom is 0.323 e. The molecule has 32 heavy (non-hydrogen) atoms. The van der Waals surface area contributed by atoms with E-state index < -0.39 is 68.3 Å². The number of carbonyl (C=O) groups is 1. The lowest BCUT2D eigenvalue weighted by molar-refractivity contribution is -0.151. The predicted octanol–water partition coefficient (Wildman–Crippen LogP) is 4.49. The average Bonchev–Trinajstić information content (AvgIpc) is 2.68. The molecule has 0 spiro atoms. The van der Waals surface area contributed by atoms with Crippen LogP contribution in [-0.2, 0) is 26.0 Å². The van der Waals surface area contributed by atoms with Gasteiger partial charge in [-0.3, -0.25) is 4.79 Å². The molecule has 0 bridgehead atoms. The molecule has 0 saturated heterocycles. The van der Waals surface area contributed by atoms with Crippen molar-refractivity contribution in [3.05, 3.63) is 64.2 Å². The second-order valence-corrected chi connectivity index (χ2v) is 10.6. The number of nitriles is 1. The van der Waals surface area contributed by atoms with E-state index in [1.165, 1.54) is 45.0 Å². The number of esters is 1. The van der Waals surface area contributed by atoms with Gasteiger partial charge in [0.15, 0.2) is 29.0 Å². The van der Waals surface area contributed by atoms with E-state index in [-0.39, 0.29) is 14.5 Å². The first-order chi connectivity index (χ1) is 14.7. The second-order valence-electron chi connectivity index (χ2n) is 7.59. The fourth-order valence-corrected chi connectivity index (χ4v) is 4.32. The van der Waals surface area contributed by atoms with Crippen molar-refractivity contribution in [3.63, 3.8) is 0 Å². The molecule has 0 heterocycles. The summed E-state index contributed by atoms with van der Waals surface area (Å²) in [6, 6.07) is 7.49. The van der Waals surface area contributed by atoms with Gasteiger partial charge in [-0.1, -0.05) is 18.2 Å². The Morgan fingerprint density at radius 1 is 1.09 bits per heavy atom. The first-order valence-electron chi connectivity index (χ1n) is 8.93. The molecule has 0 aliphatic carbocycles. The van der Waals surface area contributed by atoms with Gasteiger partial charge in [-0.05, 0) is 32.4 Å². The lowest BCUT2D eigenvalue weighted by atomic mass is 9.98. The summed E-state index contributed by atoms with van der Waals surface area (Å²) in [6.07, 6.45) is -0.650. The molecular formula is C20H17BrF4N2O4S. The summed E-state index contributed by atoms with van der Waals surface area (Å²) < 4.78 is 87.4. The molecular weight excluding hydrogens is 520 g/mol. The number of anilines is 1. The molecule has 0 fully saturated rings. The Hall–Kier alpha value is -2.65. The number of ether oxygens (including phenoxy) is 1. The van der Waals surface area contributed by atoms with Crippen LogP contribution in [0.3, 0.4) is 0 Å². The number of hydrogen-bond donors (Lipinski definition) is 0. The lowest BCUT2D eigenvalue weighted by Gasteiger charge is -2.23. The summed E-state index contributed by atoms with van der Waals surface area (Å²) >= 11 is 2.54. The van der Waals surface area contributed by atoms with Gasteiger partial charge < -0.3 is 4.74 Å². The molecule has 0 N–H and O–H groups in total. The summed E-state index contributed by atoms with van der Waals surface area (Å²) in [5.41, 5.74) is -2.98. The van der Waals surface area contributed by atoms with Crippen LogP contribution in [0.2, 0.25) is 0 Å². The van der Waals surface area contributed by atoms with Crippen molar-refractivity contribution in [2.24, 2.45) is 0 Å². The van der Waals surface area contributed by atoms with E-state index in [1.807, 2.05) is 6.07 Å². The molecule has 0 unspecified atom stereocenters. The van der Waals surface area contributed by atoms with Crippen molar-refractivity contribution < 1.29 is 35.5 Å². The number of hydrogen-bond acceptors (Lipinski definition) is 5. The lowest BCUT2D eigenvalue weighted by Crippen LogP contribution is -2.34. The fourth-order valence-electron chi connectivity index (χ4n) is 2.70. The SMILES string of the molecule is CC(C)(C)OC(=O)CS(=O)(=O)N(Br)c1c(F)c(F)c(F)c(F)c1Cc1ccccc1C#N. The molecule has 0 aliphatic heterocycles. The van der Waals surface area contributed by atoms with Crippen molar-refractivity contribution in [2.45, 2.75) is 32.8 Å². The molecule has 0 atom stereocenters. The molecule has 12 heteroatoms. The van der Waals surface area contributed by atoms with Crippen LogP contribution in [0.5, 0.6) is 0 Å². The third-order valence-corrected chi connectivity index (χ3v) is 6.93. The zero-order valence-corrected chi connectivity index (χ0v) is 19.5. The third kappa shape index (κ3) is 5.58. The summed E-state index contributed by atoms with van der Waals surface area (Å²) in [5.74, 6) is -10.7. The molecule has 0 aliphatic rings. The monoisotopic (exact) mass is 536 g/mol. The van der Waals surface area contributed by atoms with Crippen molar-refractivity contribution in [2.75, 3.05) is 9.08 Å². The first-order valence-corrected chi connectivity index (χ1v) is 11.2. The van der Waals surface area contributed by atoms with Gasteiger partial charge in [-0.25, -0.2) is 26.0 Å². The van der Waals surface area contributed by atoms with Crippen LogP contribution in [0.4, 0.5) is 23.2 Å². The van der Waals surface area contributed by atoms with Crippen LogP contribution >= 0.6 is 16.1 Å². The Bertz CT molecular complexity index is 1210. The zero-order chi connectivity index (χ0) is 24.4. The van der Waals surface area contributed by atoms with Crippen molar-refractivity contribution in [3.8, 4) is 6.07 Å². The minimum atomic E-state index is -4.77. The number of carbonyl (C=O) groups excluding carboxylic acids is 1. The molecule has 172 valence electrons. The number of halogens is 5. The van der Waals surface area contributed by atoms with Crippen LogP contribution < -0.4 is 3.33 Å². The highest BCUT2D eigenvalue weighted by molar-refractivity contribution is 9.11. The van der Waals surface area contributed by atoms with Crippen LogP contribution in [0.15, 0.2) is 24.3 Å². The van der Waals surface area contributed by atoms with E-state index >= 15 is 0 Å². The normalized spacial score (nSPS) is 11.7. The largest absolute Gasteiger partial charge is 0.459 e. The minimum Gasteiger partial charge on any atom is -0.459 e. The van der Waals surface area contributed by atoms with Crippen LogP contribution in [-0.4, -0.2) is 25.7 Å². The summed E-state index contributed by atoms with van der Waals surface area (Å²) in [4.78, 5) is 12.0. The summed E-state index contributed by atoms with van der Waals surface area (Å²) in [7, 11) is -4.77. The van der Waals surface area contributed by atoms with Crippen LogP contribution in [0.25, 0.3) is 0 Å². The van der Waals surface area contributed by atoms with Crippen molar-refractivity contribution in [1.82, 2.24) is 0 Å². The quantitative estimate of drug-likeness (QED) is 0.178. The average molecular weight is 537 g/mol. The summed E-state index contributed by atoms with van der Waals surface area (Å²) in [6.45, 7) is 4.45. The van der Waals surface area contributed by atoms with E-state index in [0.717, 1.165) is 0 Å². The van der Waals surface area contributed by atoms with E-state index in [9.17, 15) is 36.0 Å². The third-order valence-electron chi connectivity index (χ3n) is 3.98. The van der Waals surface area contributed by atoms with Gasteiger partial charge in [0, 0.05) is 12.0 Å². The van der Waals surface area contributed by atoms with Gasteiger partial charge in [0.25, 0.3) is 10.0 Å². The Morgan fingerprint density at radius 2 is 1.66 bits per heavy atom. The minimum absolute atomic E-state index is 0.0187. The Kier molecular flexibility index (Phi) is 7.57. The Labute approximate surface area is 190 Å². The van der Waals surface area contributed by atoms with Crippen LogP contribution in [0.1, 0.15) is 37.5 Å². The molecule has 2 rings (SSSR count). The smallest absolute Gasteiger partial charge is 0.323 e. The van der Waals surface area contributed by atoms with Gasteiger partial charge in [0.1, 0.15) is 11.3 Å². The van der Waals surface area contributed by atoms with E-state index in [2.05, 4.69) is 16.1 Å². The van der Waals surface area contributed by atoms with E-state index in [4.69, 9.17) is 4.74 Å². The van der Waals surface area contributed by atoms with Gasteiger partial charge in [-0.2, -0.15) is 8.59 Å². The van der Waals surface area contributed by atoms with Gasteiger partial charge in [-0.15, -0.1) is 0 Å². The maximum atomic E-state index is 14.7. The number of rotatable bonds is 6. The number of benzene rings is 2. The predicted molar refractivity (Wildman–Crippen MR) is 111 cm³/mol. The first kappa shape index (κ1) is 25.6. The van der Waals surface area contributed by atoms with Crippen molar-refractivity contribution in [1.29, 1.82) is 5.26 Å². The Balaban J connectivity index is 2.62. The number of sulfonamides is 1. The van der Waals surface area contributed by atoms with Crippen LogP contribution in [0, 0.1) is 34.6 Å². The Morgan fingerprint density at radius 3 is 2.22 bits per heavy atom. The molecule has 2 aromatic carbocycles. The molecule has 6 nitrogen and oxygen atoms in total. The molecule has 2 aromatic rings. The zero-order valence-electron chi connectivity index (χ0n) is 17.0. The fraction of sp³-hybridized carbons (Fsp3) is 0.300. The summed E-state index contributed by atoms with van der Waals surface area (Å²) in [5, 5.41) is 9.20. The van der Waals surface area contributed by atoms with E-state index in [1.54, 1.807) is 0 Å². The van der Waals surface area contributed by atoms with Crippen molar-refractivity contribution >= 4 is 37.8 Å². The topological polar surface area (TPSA) is 87.5 Å². The highest BCUT2D eigenvalue weighted by Crippen LogP contribution is 2.37. The molecule has 0 saturated carbocycles. The van der Waals surface area contributed by atoms with Gasteiger partial charge in [0.2, 0.25) is 0 Å². The van der Waals surface area contributed by atoms with Gasteiger partial charge >= 0.3 is 5.97 Å². The number of nitrogens with zero attached hydrogens (tertiary/aromatic N) is 2. The molecule has 0 aromatic heterocycles. The second kappa shape index (κ2) is 9.46. The molecule has 0 radical (unpaired) electrons. The van der Waals surface area contributed by atoms with E-state index in [0.29, 0.717) is 0 Å². The highest BCUT2D eigenvalue weighted by Gasteiger charge is 2.35. The molecule has 0 amide bonds.